The quantitative estimate of drug-likeness (QED) is 0.00748. The number of ketones is 2. The molecule has 47 heteroatoms. The Kier molecular flexibility index (Phi) is 42.5. The Morgan fingerprint density at radius 3 is 1.43 bits per heavy atom. The van der Waals surface area contributed by atoms with Gasteiger partial charge in [0.1, 0.15) is 101 Å². The number of hydrogen-bond donors (Lipinski definition) is 27. The zero-order valence-electron chi connectivity index (χ0n) is 84.7. The number of phenols is 4. The molecule has 18 atom stereocenters. The number of nitrogens with zero attached hydrogens (tertiary/aromatic N) is 2. The summed E-state index contributed by atoms with van der Waals surface area (Å²) in [5.74, 6) is -17.6. The van der Waals surface area contributed by atoms with Gasteiger partial charge in [-0.2, -0.15) is 0 Å². The Bertz CT molecular complexity index is 5720. The number of methoxy groups -OCH3 is 1. The van der Waals surface area contributed by atoms with Crippen LogP contribution < -0.4 is 96.8 Å². The summed E-state index contributed by atoms with van der Waals surface area (Å²) in [6.45, 7) is 16.7. The number of carbonyl (C=O) groups is 14. The molecule has 0 saturated carbocycles. The first-order valence-corrected chi connectivity index (χ1v) is 49.0. The molecule has 9 rings (SSSR count). The van der Waals surface area contributed by atoms with Crippen LogP contribution in [0.3, 0.4) is 0 Å². The lowest BCUT2D eigenvalue weighted by Crippen LogP contribution is -2.62. The van der Waals surface area contributed by atoms with Crippen LogP contribution in [0.5, 0.6) is 28.7 Å². The number of rotatable bonds is 53. The zero-order chi connectivity index (χ0) is 109. The lowest BCUT2D eigenvalue weighted by atomic mass is 9.72. The van der Waals surface area contributed by atoms with E-state index in [1.807, 2.05) is 0 Å². The number of nitrogens with one attached hydrogen (secondary N) is 16. The highest BCUT2D eigenvalue weighted by Gasteiger charge is 2.51. The second kappa shape index (κ2) is 53.9. The average molecular weight is 2060 g/mol. The number of amides is 12. The third-order valence-electron chi connectivity index (χ3n) is 25.4. The van der Waals surface area contributed by atoms with Crippen molar-refractivity contribution in [3.05, 3.63) is 165 Å². The monoisotopic (exact) mass is 2060 g/mol. The molecule has 1 fully saturated rings. The van der Waals surface area contributed by atoms with Crippen LogP contribution in [0.4, 0.5) is 0 Å². The van der Waals surface area contributed by atoms with Gasteiger partial charge in [-0.05, 0) is 136 Å². The molecule has 0 bridgehead atoms. The van der Waals surface area contributed by atoms with Crippen LogP contribution in [-0.4, -0.2) is 275 Å². The molecule has 3 aliphatic rings. The number of H-pyrrole nitrogens is 1. The number of guanidine groups is 2. The molecule has 5 aromatic carbocycles. The number of phenolic OH excluding ortho intramolecular Hbond substituents is 4. The van der Waals surface area contributed by atoms with Crippen LogP contribution in [0.1, 0.15) is 205 Å². The van der Waals surface area contributed by atoms with Crippen molar-refractivity contribution in [3.63, 3.8) is 0 Å². The molecule has 12 amide bonds. The van der Waals surface area contributed by atoms with Gasteiger partial charge in [0.25, 0.3) is 5.91 Å². The average Bonchev–Trinajstić information content (AvgIpc) is 0.718. The highest BCUT2D eigenvalue weighted by molar-refractivity contribution is 6.31. The fourth-order valence-corrected chi connectivity index (χ4v) is 17.6. The van der Waals surface area contributed by atoms with Crippen LogP contribution >= 0.6 is 0 Å². The van der Waals surface area contributed by atoms with Gasteiger partial charge in [0.05, 0.1) is 60.3 Å². The van der Waals surface area contributed by atoms with Gasteiger partial charge in [-0.3, -0.25) is 77.9 Å². The SMILES string of the molecule is COc1cccc2c1C(=O)c1c(O)c3c(c(O)c1C2=O)C[C@@](O)(/C(C)=N/OCC(=O)N[C@@H](CC(C)C)C(=O)N[C@@H](CCCNC(=N)N)C(=O)N[C@@H](CCCNC(=N)N)C(=O)N[C@@H](Cc1ccc(O)cc1)C(=O)N[C@H](C(=O)N[C@@H](Cc1cnc[nH]1)C(=O)N[C@@H](CC(C)C)C(=O)N[C@@H](Cc1ccccc1)C(=O)N[C@@H](Cc1ccc(O)cc1)C(=O)N[C@@H](CC(C)C)C(=O)N[C@H](C(N)=O)[C@@H](C)O)C(C)C)C[C@@H]3O[C@H]1C[C@H](N)[C@H](O)[C@H](C)O1. The largest absolute Gasteiger partial charge is 0.508 e. The van der Waals surface area contributed by atoms with Gasteiger partial charge in [0.2, 0.25) is 70.8 Å². The van der Waals surface area contributed by atoms with Gasteiger partial charge in [-0.1, -0.05) is 127 Å². The fraction of sp³-hybridized carbons (Fsp3) is 0.505. The summed E-state index contributed by atoms with van der Waals surface area (Å²) < 4.78 is 17.8. The van der Waals surface area contributed by atoms with Gasteiger partial charge < -0.3 is 152 Å². The number of aromatic hydroxyl groups is 4. The van der Waals surface area contributed by atoms with E-state index in [9.17, 15) is 69.3 Å². The van der Waals surface area contributed by atoms with Crippen LogP contribution in [-0.2, 0) is 104 Å². The fourth-order valence-electron chi connectivity index (χ4n) is 17.6. The number of oxime groups is 1. The number of aromatic amines is 1. The summed E-state index contributed by atoms with van der Waals surface area (Å²) in [4.78, 5) is 217. The first-order valence-electron chi connectivity index (χ1n) is 49.0. The van der Waals surface area contributed by atoms with E-state index < -0.39 is 251 Å². The van der Waals surface area contributed by atoms with E-state index >= 15 is 33.6 Å². The molecule has 0 unspecified atom stereocenters. The number of carbonyl (C=O) groups excluding carboxylic acids is 14. The predicted octanol–water partition coefficient (Wildman–Crippen LogP) is -0.543. The summed E-state index contributed by atoms with van der Waals surface area (Å²) in [5.41, 5.74) is 20.3. The normalized spacial score (nSPS) is 18.8. The van der Waals surface area contributed by atoms with Crippen molar-refractivity contribution in [2.75, 3.05) is 26.8 Å². The summed E-state index contributed by atoms with van der Waals surface area (Å²) in [6, 6.07) is 6.23. The minimum Gasteiger partial charge on any atom is -0.508 e. The Morgan fingerprint density at radius 2 is 0.973 bits per heavy atom. The lowest BCUT2D eigenvalue weighted by Gasteiger charge is -2.42. The molecule has 804 valence electrons. The molecule has 0 spiro atoms. The van der Waals surface area contributed by atoms with Gasteiger partial charge >= 0.3 is 0 Å². The molecule has 31 N–H and O–H groups in total. The number of aliphatic hydroxyl groups excluding tert-OH is 2. The maximum Gasteiger partial charge on any atom is 0.261 e. The molecule has 2 aliphatic carbocycles. The van der Waals surface area contributed by atoms with Crippen molar-refractivity contribution in [1.29, 1.82) is 10.8 Å². The minimum absolute atomic E-state index is 0.00150. The van der Waals surface area contributed by atoms with Crippen LogP contribution in [0.2, 0.25) is 0 Å². The van der Waals surface area contributed by atoms with Crippen molar-refractivity contribution < 1.29 is 122 Å². The van der Waals surface area contributed by atoms with E-state index in [2.05, 4.69) is 84.2 Å². The van der Waals surface area contributed by atoms with E-state index in [1.165, 1.54) is 107 Å². The number of benzene rings is 5. The van der Waals surface area contributed by atoms with Crippen LogP contribution in [0.25, 0.3) is 0 Å². The smallest absolute Gasteiger partial charge is 0.261 e. The van der Waals surface area contributed by atoms with Crippen LogP contribution in [0, 0.1) is 34.5 Å². The van der Waals surface area contributed by atoms with E-state index in [4.69, 9.17) is 52.8 Å². The predicted molar refractivity (Wildman–Crippen MR) is 538 cm³/mol. The number of aromatic nitrogens is 2. The Labute approximate surface area is 855 Å². The molecule has 47 nitrogen and oxygen atoms in total. The number of imidazole rings is 1. The number of fused-ring (bicyclic) bond motifs is 3. The van der Waals surface area contributed by atoms with Gasteiger partial charge in [0.15, 0.2) is 30.6 Å². The van der Waals surface area contributed by atoms with Crippen molar-refractivity contribution >= 4 is 100 Å². The summed E-state index contributed by atoms with van der Waals surface area (Å²) in [6.07, 6.45) is -6.40. The standard InChI is InChI=1S/C101H140N22O25/c1-48(2)35-66(112-75(127)46-146-123-54(11)101(144)43-62-78(74(44-101)148-76-42-63(102)83(128)53(10)147-76)87(132)80-79(85(62)130)84(129)61-21-16-24-73(145-12)77(61)86(80)131)91(136)114-64(22-17-33-109-99(104)105)89(134)113-65(23-18-34-110-100(106)107)90(135)117-71(40-57-27-31-60(126)32-28-57)97(142)121-81(51(7)8)98(143)120-72(41-58-45-108-47-111-58)95(140)115-67(36-49(3)4)92(137)118-69(38-55-19-14-13-15-20-55)94(139)119-70(39-56-25-29-59(125)30-26-56)93(138)116-68(37-50(5)6)96(141)122-82(52(9)124)88(103)133/h13-16,19-21,24-32,45,47-53,63-72,74,76,81-83,124-126,128,130,132,144H,17-18,22-23,33-44,46,102H2,1-12H3,(H2,103,133)(H,108,111)(H,112,127)(H,113,134)(H,114,136)(H,115,140)(H,116,138)(H,117,135)(H,118,137)(H,119,139)(H,120,143)(H,121,142)(H,122,141)(H4,104,105,109)(H4,106,107,110)/b123-54+/t52-,53+,63+,64+,65+,66+,67+,68+,69+,70+,71+,72+,74+,76+,81+,82+,83-,101+/m1/s1. The third kappa shape index (κ3) is 32.8. The molecule has 6 aromatic rings. The Balaban J connectivity index is 0.935. The number of nitrogens with two attached hydrogens (primary N) is 4. The molecule has 0 radical (unpaired) electrons. The van der Waals surface area contributed by atoms with E-state index in [-0.39, 0.29) is 153 Å². The minimum atomic E-state index is -2.22. The van der Waals surface area contributed by atoms with Gasteiger partial charge in [0, 0.05) is 92.7 Å². The highest BCUT2D eigenvalue weighted by Crippen LogP contribution is 2.53. The van der Waals surface area contributed by atoms with Crippen molar-refractivity contribution in [2.45, 2.75) is 275 Å². The molecular formula is C101H140N22O25. The number of primary amides is 1. The third-order valence-corrected chi connectivity index (χ3v) is 25.4. The Hall–Kier alpha value is -14.9. The number of aliphatic hydroxyl groups is 3. The van der Waals surface area contributed by atoms with Crippen molar-refractivity contribution in [2.24, 2.45) is 51.8 Å². The molecule has 2 heterocycles. The first-order chi connectivity index (χ1) is 69.9. The maximum absolute atomic E-state index is 15.3. The Morgan fingerprint density at radius 1 is 0.541 bits per heavy atom. The molecular weight excluding hydrogens is 1920 g/mol. The zero-order valence-corrected chi connectivity index (χ0v) is 84.7. The molecule has 1 saturated heterocycles. The van der Waals surface area contributed by atoms with E-state index in [0.29, 0.717) is 22.4 Å². The van der Waals surface area contributed by atoms with Crippen molar-refractivity contribution in [1.82, 2.24) is 79.1 Å². The molecule has 148 heavy (non-hydrogen) atoms. The number of hydrogen-bond acceptors (Lipinski definition) is 30. The second-order valence-corrected chi connectivity index (χ2v) is 39.1. The highest BCUT2D eigenvalue weighted by atomic mass is 16.7. The summed E-state index contributed by atoms with van der Waals surface area (Å²) in [7, 11) is 1.28. The summed E-state index contributed by atoms with van der Waals surface area (Å²) >= 11 is 0. The second-order valence-electron chi connectivity index (χ2n) is 39.1. The van der Waals surface area contributed by atoms with Crippen LogP contribution in [0.15, 0.2) is 115 Å². The van der Waals surface area contributed by atoms with E-state index in [0.717, 1.165) is 0 Å². The first kappa shape index (κ1) is 117. The van der Waals surface area contributed by atoms with Crippen molar-refractivity contribution in [3.8, 4) is 28.7 Å². The number of ether oxygens (including phenoxy) is 3. The molecule has 1 aliphatic heterocycles. The topological polar surface area (TPSA) is 767 Å². The summed E-state index contributed by atoms with van der Waals surface area (Å²) in [5, 5.41) is 133. The molecule has 1 aromatic heterocycles. The van der Waals surface area contributed by atoms with E-state index in [1.54, 1.807) is 85.7 Å². The van der Waals surface area contributed by atoms with Gasteiger partial charge in [-0.15, -0.1) is 0 Å². The lowest BCUT2D eigenvalue weighted by molar-refractivity contribution is -0.245. The maximum atomic E-state index is 15.3. The van der Waals surface area contributed by atoms with Gasteiger partial charge in [-0.25, -0.2) is 4.98 Å².